The van der Waals surface area contributed by atoms with E-state index in [0.29, 0.717) is 28.2 Å². The lowest BCUT2D eigenvalue weighted by molar-refractivity contribution is 0.456. The first-order valence-electron chi connectivity index (χ1n) is 9.88. The van der Waals surface area contributed by atoms with Crippen LogP contribution in [-0.4, -0.2) is 9.97 Å². The Kier molecular flexibility index (Phi) is 5.93. The van der Waals surface area contributed by atoms with Crippen LogP contribution in [0.3, 0.4) is 0 Å². The van der Waals surface area contributed by atoms with Crippen molar-refractivity contribution in [2.75, 3.05) is 11.1 Å². The van der Waals surface area contributed by atoms with Gasteiger partial charge >= 0.3 is 0 Å². The maximum Gasteiger partial charge on any atom is 0.232 e. The largest absolute Gasteiger partial charge is 0.438 e. The number of aryl methyl sites for hydroxylation is 2. The van der Waals surface area contributed by atoms with Crippen LogP contribution < -0.4 is 15.8 Å². The van der Waals surface area contributed by atoms with Gasteiger partial charge in [0.15, 0.2) is 0 Å². The molecule has 1 heterocycles. The van der Waals surface area contributed by atoms with Crippen LogP contribution in [0.2, 0.25) is 5.02 Å². The number of ether oxygens (including phenoxy) is 1. The zero-order valence-electron chi connectivity index (χ0n) is 17.6. The predicted molar refractivity (Wildman–Crippen MR) is 127 cm³/mol. The molecule has 4 aromatic rings. The van der Waals surface area contributed by atoms with Gasteiger partial charge in [-0.15, -0.1) is 0 Å². The molecule has 0 aliphatic carbocycles. The zero-order valence-corrected chi connectivity index (χ0v) is 18.3. The third-order valence-electron chi connectivity index (χ3n) is 4.84. The van der Waals surface area contributed by atoms with E-state index in [4.69, 9.17) is 27.3 Å². The summed E-state index contributed by atoms with van der Waals surface area (Å²) in [7, 11) is 0. The molecule has 0 spiro atoms. The average molecular weight is 442 g/mol. The van der Waals surface area contributed by atoms with Crippen LogP contribution in [0.1, 0.15) is 16.7 Å². The summed E-state index contributed by atoms with van der Waals surface area (Å²) in [6, 6.07) is 22.5. The number of nitriles is 1. The van der Waals surface area contributed by atoms with Gasteiger partial charge in [0.2, 0.25) is 11.8 Å². The molecule has 0 unspecified atom stereocenters. The fourth-order valence-electron chi connectivity index (χ4n) is 3.33. The van der Waals surface area contributed by atoms with Gasteiger partial charge in [-0.3, -0.25) is 0 Å². The summed E-state index contributed by atoms with van der Waals surface area (Å²) in [5.41, 5.74) is 11.4. The Hall–Kier alpha value is -4.08. The van der Waals surface area contributed by atoms with Crippen LogP contribution in [0.5, 0.6) is 11.6 Å². The highest BCUT2D eigenvalue weighted by atomic mass is 35.5. The van der Waals surface area contributed by atoms with Gasteiger partial charge in [-0.1, -0.05) is 23.7 Å². The number of anilines is 3. The van der Waals surface area contributed by atoms with E-state index in [2.05, 4.69) is 33.5 Å². The number of benzene rings is 3. The van der Waals surface area contributed by atoms with Crippen molar-refractivity contribution in [1.82, 2.24) is 9.97 Å². The monoisotopic (exact) mass is 441 g/mol. The lowest BCUT2D eigenvalue weighted by atomic mass is 10.00. The standard InChI is InChI=1S/C25H20ClN5O/c1-15-11-19(18-5-7-20(26)8-6-18)12-16(2)24(15)32-23-13-22(28)30-25(31-23)29-21-9-3-17(14-27)4-10-21/h3-13H,1-2H3,(H3,28,29,30,31). The van der Waals surface area contributed by atoms with Crippen molar-refractivity contribution in [3.63, 3.8) is 0 Å². The number of hydrogen-bond acceptors (Lipinski definition) is 6. The molecule has 0 radical (unpaired) electrons. The lowest BCUT2D eigenvalue weighted by Crippen LogP contribution is -2.03. The Morgan fingerprint density at radius 3 is 2.19 bits per heavy atom. The van der Waals surface area contributed by atoms with Crippen molar-refractivity contribution < 1.29 is 4.74 Å². The smallest absolute Gasteiger partial charge is 0.232 e. The molecule has 0 saturated carbocycles. The number of nitrogens with one attached hydrogen (secondary N) is 1. The molecule has 7 heteroatoms. The molecule has 0 aliphatic heterocycles. The molecule has 0 fully saturated rings. The van der Waals surface area contributed by atoms with Crippen molar-refractivity contribution in [3.8, 4) is 28.8 Å². The lowest BCUT2D eigenvalue weighted by Gasteiger charge is -2.14. The van der Waals surface area contributed by atoms with E-state index in [0.717, 1.165) is 27.9 Å². The van der Waals surface area contributed by atoms with Gasteiger partial charge in [-0.25, -0.2) is 0 Å². The third kappa shape index (κ3) is 4.80. The average Bonchev–Trinajstić information content (AvgIpc) is 2.77. The normalized spacial score (nSPS) is 10.4. The van der Waals surface area contributed by atoms with Crippen LogP contribution in [0.15, 0.2) is 66.7 Å². The van der Waals surface area contributed by atoms with Crippen molar-refractivity contribution in [3.05, 3.63) is 88.4 Å². The van der Waals surface area contributed by atoms with Crippen LogP contribution in [0, 0.1) is 25.2 Å². The summed E-state index contributed by atoms with van der Waals surface area (Å²) in [6.45, 7) is 3.98. The summed E-state index contributed by atoms with van der Waals surface area (Å²) in [5.74, 6) is 1.63. The molecule has 0 amide bonds. The number of halogens is 1. The molecule has 3 N–H and O–H groups in total. The van der Waals surface area contributed by atoms with E-state index in [1.807, 2.05) is 38.1 Å². The van der Waals surface area contributed by atoms with E-state index in [9.17, 15) is 0 Å². The molecule has 0 bridgehead atoms. The predicted octanol–water partition coefficient (Wildman–Crippen LogP) is 6.40. The maximum atomic E-state index is 8.94. The number of aromatic nitrogens is 2. The second kappa shape index (κ2) is 8.96. The number of hydrogen-bond donors (Lipinski definition) is 2. The summed E-state index contributed by atoms with van der Waals surface area (Å²) in [5, 5.41) is 12.7. The van der Waals surface area contributed by atoms with Gasteiger partial charge in [0.25, 0.3) is 0 Å². The van der Waals surface area contributed by atoms with E-state index in [1.54, 1.807) is 30.3 Å². The third-order valence-corrected chi connectivity index (χ3v) is 5.09. The summed E-state index contributed by atoms with van der Waals surface area (Å²) in [4.78, 5) is 8.65. The number of nitrogens with zero attached hydrogens (tertiary/aromatic N) is 3. The van der Waals surface area contributed by atoms with Crippen molar-refractivity contribution in [2.45, 2.75) is 13.8 Å². The molecule has 0 aliphatic rings. The van der Waals surface area contributed by atoms with Crippen molar-refractivity contribution in [1.29, 1.82) is 5.26 Å². The molecular formula is C25H20ClN5O. The first kappa shape index (κ1) is 21.2. The highest BCUT2D eigenvalue weighted by Crippen LogP contribution is 2.34. The molecular weight excluding hydrogens is 422 g/mol. The first-order valence-corrected chi connectivity index (χ1v) is 10.3. The minimum Gasteiger partial charge on any atom is -0.438 e. The molecule has 6 nitrogen and oxygen atoms in total. The van der Waals surface area contributed by atoms with E-state index in [-0.39, 0.29) is 5.82 Å². The van der Waals surface area contributed by atoms with Crippen LogP contribution in [-0.2, 0) is 0 Å². The van der Waals surface area contributed by atoms with Crippen LogP contribution in [0.4, 0.5) is 17.5 Å². The van der Waals surface area contributed by atoms with Gasteiger partial charge in [0, 0.05) is 16.8 Å². The van der Waals surface area contributed by atoms with Crippen molar-refractivity contribution in [2.24, 2.45) is 0 Å². The van der Waals surface area contributed by atoms with E-state index < -0.39 is 0 Å². The maximum absolute atomic E-state index is 8.94. The quantitative estimate of drug-likeness (QED) is 0.371. The zero-order chi connectivity index (χ0) is 22.7. The van der Waals surface area contributed by atoms with Crippen molar-refractivity contribution >= 4 is 29.1 Å². The fourth-order valence-corrected chi connectivity index (χ4v) is 3.46. The van der Waals surface area contributed by atoms with E-state index >= 15 is 0 Å². The Morgan fingerprint density at radius 1 is 0.906 bits per heavy atom. The van der Waals surface area contributed by atoms with E-state index in [1.165, 1.54) is 0 Å². The highest BCUT2D eigenvalue weighted by molar-refractivity contribution is 6.30. The van der Waals surface area contributed by atoms with Gasteiger partial charge in [-0.2, -0.15) is 15.2 Å². The van der Waals surface area contributed by atoms with Gasteiger partial charge in [0.1, 0.15) is 11.6 Å². The molecule has 32 heavy (non-hydrogen) atoms. The SMILES string of the molecule is Cc1cc(-c2ccc(Cl)cc2)cc(C)c1Oc1cc(N)nc(Nc2ccc(C#N)cc2)n1. The second-order valence-corrected chi connectivity index (χ2v) is 7.75. The van der Waals surface area contributed by atoms with Gasteiger partial charge in [0.05, 0.1) is 11.6 Å². The second-order valence-electron chi connectivity index (χ2n) is 7.32. The Labute approximate surface area is 191 Å². The minimum absolute atomic E-state index is 0.277. The molecule has 0 atom stereocenters. The van der Waals surface area contributed by atoms with Gasteiger partial charge < -0.3 is 15.8 Å². The minimum atomic E-state index is 0.277. The summed E-state index contributed by atoms with van der Waals surface area (Å²) >= 11 is 6.01. The number of nitrogen functional groups attached to an aromatic ring is 1. The Morgan fingerprint density at radius 2 is 1.56 bits per heavy atom. The Bertz CT molecular complexity index is 1290. The molecule has 158 valence electrons. The summed E-state index contributed by atoms with van der Waals surface area (Å²) < 4.78 is 6.11. The topological polar surface area (TPSA) is 96.9 Å². The molecule has 3 aromatic carbocycles. The fraction of sp³-hybridized carbons (Fsp3) is 0.0800. The summed E-state index contributed by atoms with van der Waals surface area (Å²) in [6.07, 6.45) is 0. The first-order chi connectivity index (χ1) is 15.4. The number of nitrogens with two attached hydrogens (primary N) is 1. The molecule has 4 rings (SSSR count). The Balaban J connectivity index is 1.59. The number of rotatable bonds is 5. The highest BCUT2D eigenvalue weighted by Gasteiger charge is 2.12. The molecule has 1 aromatic heterocycles. The molecule has 0 saturated heterocycles. The van der Waals surface area contributed by atoms with Gasteiger partial charge in [-0.05, 0) is 84.6 Å². The van der Waals surface area contributed by atoms with Crippen LogP contribution in [0.25, 0.3) is 11.1 Å². The van der Waals surface area contributed by atoms with Crippen LogP contribution >= 0.6 is 11.6 Å².